The molecule has 1 aromatic carbocycles. The Morgan fingerprint density at radius 1 is 1.14 bits per heavy atom. The van der Waals surface area contributed by atoms with E-state index >= 15 is 0 Å². The van der Waals surface area contributed by atoms with E-state index in [1.165, 1.54) is 0 Å². The predicted molar refractivity (Wildman–Crippen MR) is 81.8 cm³/mol. The van der Waals surface area contributed by atoms with E-state index in [2.05, 4.69) is 25.8 Å². The molecule has 6 nitrogen and oxygen atoms in total. The standard InChI is InChI=1S/C15H18N6/c1-10-14(11(2)21(3)19-10)16-9-13-15(18-20-17-13)12-7-5-4-6-8-12/h4-8,16H,9H2,1-3H3,(H,17,18,20). The molecule has 3 aromatic rings. The van der Waals surface area contributed by atoms with E-state index in [1.54, 1.807) is 0 Å². The highest BCUT2D eigenvalue weighted by atomic mass is 15.3. The molecule has 0 amide bonds. The van der Waals surface area contributed by atoms with E-state index in [9.17, 15) is 0 Å². The lowest BCUT2D eigenvalue weighted by molar-refractivity contribution is 0.731. The molecule has 0 bridgehead atoms. The van der Waals surface area contributed by atoms with E-state index in [0.29, 0.717) is 6.54 Å². The molecule has 2 N–H and O–H groups in total. The lowest BCUT2D eigenvalue weighted by Gasteiger charge is -2.06. The van der Waals surface area contributed by atoms with Crippen LogP contribution >= 0.6 is 0 Å². The van der Waals surface area contributed by atoms with Gasteiger partial charge in [-0.2, -0.15) is 20.5 Å². The number of hydrogen-bond acceptors (Lipinski definition) is 4. The Morgan fingerprint density at radius 3 is 2.57 bits per heavy atom. The summed E-state index contributed by atoms with van der Waals surface area (Å²) in [5.41, 5.74) is 5.98. The molecule has 0 saturated carbocycles. The minimum absolute atomic E-state index is 0.605. The SMILES string of the molecule is Cc1nn(C)c(C)c1NCc1n[nH]nc1-c1ccccc1. The van der Waals surface area contributed by atoms with Crippen molar-refractivity contribution < 1.29 is 0 Å². The molecule has 21 heavy (non-hydrogen) atoms. The van der Waals surface area contributed by atoms with Crippen LogP contribution in [0.2, 0.25) is 0 Å². The van der Waals surface area contributed by atoms with Gasteiger partial charge < -0.3 is 5.32 Å². The number of anilines is 1. The summed E-state index contributed by atoms with van der Waals surface area (Å²) in [6.07, 6.45) is 0. The first kappa shape index (κ1) is 13.4. The third-order valence-corrected chi connectivity index (χ3v) is 3.61. The van der Waals surface area contributed by atoms with Crippen LogP contribution in [-0.2, 0) is 13.6 Å². The molecule has 0 aliphatic carbocycles. The highest BCUT2D eigenvalue weighted by Gasteiger charge is 2.13. The summed E-state index contributed by atoms with van der Waals surface area (Å²) in [5, 5.41) is 19.0. The first-order valence-electron chi connectivity index (χ1n) is 6.86. The number of hydrogen-bond donors (Lipinski definition) is 2. The van der Waals surface area contributed by atoms with Gasteiger partial charge in [-0.25, -0.2) is 0 Å². The number of nitrogens with zero attached hydrogens (tertiary/aromatic N) is 4. The van der Waals surface area contributed by atoms with E-state index in [1.807, 2.05) is 55.9 Å². The van der Waals surface area contributed by atoms with Gasteiger partial charge in [0.1, 0.15) is 11.4 Å². The quantitative estimate of drug-likeness (QED) is 0.771. The molecule has 0 unspecified atom stereocenters. The van der Waals surface area contributed by atoms with Gasteiger partial charge in [-0.3, -0.25) is 4.68 Å². The van der Waals surface area contributed by atoms with Crippen molar-refractivity contribution >= 4 is 5.69 Å². The predicted octanol–water partition coefficient (Wildman–Crippen LogP) is 2.43. The maximum absolute atomic E-state index is 4.40. The van der Waals surface area contributed by atoms with Crippen molar-refractivity contribution in [3.8, 4) is 11.3 Å². The summed E-state index contributed by atoms with van der Waals surface area (Å²) in [6, 6.07) is 10.0. The number of benzene rings is 1. The van der Waals surface area contributed by atoms with Gasteiger partial charge in [0.2, 0.25) is 0 Å². The zero-order valence-electron chi connectivity index (χ0n) is 12.4. The zero-order valence-corrected chi connectivity index (χ0v) is 12.4. The summed E-state index contributed by atoms with van der Waals surface area (Å²) < 4.78 is 1.87. The van der Waals surface area contributed by atoms with Crippen LogP contribution in [-0.4, -0.2) is 25.2 Å². The second-order valence-electron chi connectivity index (χ2n) is 5.01. The van der Waals surface area contributed by atoms with Crippen molar-refractivity contribution in [2.24, 2.45) is 7.05 Å². The van der Waals surface area contributed by atoms with Crippen molar-refractivity contribution in [3.63, 3.8) is 0 Å². The molecule has 0 fully saturated rings. The Hall–Kier alpha value is -2.63. The van der Waals surface area contributed by atoms with Crippen LogP contribution in [0.1, 0.15) is 17.1 Å². The summed E-state index contributed by atoms with van der Waals surface area (Å²) in [5.74, 6) is 0. The fourth-order valence-electron chi connectivity index (χ4n) is 2.40. The highest BCUT2D eigenvalue weighted by molar-refractivity contribution is 5.62. The monoisotopic (exact) mass is 282 g/mol. The molecule has 0 atom stereocenters. The molecule has 6 heteroatoms. The Kier molecular flexibility index (Phi) is 3.43. The normalized spacial score (nSPS) is 10.8. The van der Waals surface area contributed by atoms with Crippen molar-refractivity contribution in [2.45, 2.75) is 20.4 Å². The molecule has 0 saturated heterocycles. The zero-order chi connectivity index (χ0) is 14.8. The highest BCUT2D eigenvalue weighted by Crippen LogP contribution is 2.22. The van der Waals surface area contributed by atoms with Crippen LogP contribution in [0.5, 0.6) is 0 Å². The molecule has 108 valence electrons. The average molecular weight is 282 g/mol. The van der Waals surface area contributed by atoms with Gasteiger partial charge in [0.15, 0.2) is 0 Å². The molecular formula is C15H18N6. The second kappa shape index (κ2) is 5.40. The third kappa shape index (κ3) is 2.52. The van der Waals surface area contributed by atoms with Crippen LogP contribution in [0.25, 0.3) is 11.3 Å². The van der Waals surface area contributed by atoms with E-state index in [0.717, 1.165) is 34.0 Å². The van der Waals surface area contributed by atoms with Crippen molar-refractivity contribution in [1.82, 2.24) is 25.2 Å². The van der Waals surface area contributed by atoms with E-state index in [4.69, 9.17) is 0 Å². The fraction of sp³-hybridized carbons (Fsp3) is 0.267. The molecular weight excluding hydrogens is 264 g/mol. The topological polar surface area (TPSA) is 71.4 Å². The number of nitrogens with one attached hydrogen (secondary N) is 2. The van der Waals surface area contributed by atoms with Crippen molar-refractivity contribution in [1.29, 1.82) is 0 Å². The minimum atomic E-state index is 0.605. The largest absolute Gasteiger partial charge is 0.376 e. The molecule has 0 aliphatic rings. The smallest absolute Gasteiger partial charge is 0.117 e. The maximum atomic E-state index is 4.40. The first-order chi connectivity index (χ1) is 10.2. The summed E-state index contributed by atoms with van der Waals surface area (Å²) in [7, 11) is 1.94. The lowest BCUT2D eigenvalue weighted by atomic mass is 10.1. The van der Waals surface area contributed by atoms with Gasteiger partial charge in [-0.15, -0.1) is 0 Å². The van der Waals surface area contributed by atoms with E-state index < -0.39 is 0 Å². The second-order valence-corrected chi connectivity index (χ2v) is 5.01. The maximum Gasteiger partial charge on any atom is 0.117 e. The number of aromatic nitrogens is 5. The summed E-state index contributed by atoms with van der Waals surface area (Å²) in [4.78, 5) is 0. The molecule has 0 aliphatic heterocycles. The Morgan fingerprint density at radius 2 is 1.90 bits per heavy atom. The van der Waals surface area contributed by atoms with Gasteiger partial charge in [0, 0.05) is 12.6 Å². The number of aryl methyl sites for hydroxylation is 2. The Bertz CT molecular complexity index is 741. The first-order valence-corrected chi connectivity index (χ1v) is 6.86. The molecule has 0 radical (unpaired) electrons. The van der Waals surface area contributed by atoms with Crippen LogP contribution in [0.15, 0.2) is 30.3 Å². The lowest BCUT2D eigenvalue weighted by Crippen LogP contribution is -2.03. The van der Waals surface area contributed by atoms with Crippen LogP contribution in [0, 0.1) is 13.8 Å². The molecule has 2 heterocycles. The third-order valence-electron chi connectivity index (χ3n) is 3.61. The molecule has 2 aromatic heterocycles. The molecule has 0 spiro atoms. The van der Waals surface area contributed by atoms with Gasteiger partial charge in [0.05, 0.1) is 23.6 Å². The van der Waals surface area contributed by atoms with Crippen LogP contribution in [0.3, 0.4) is 0 Å². The fourth-order valence-corrected chi connectivity index (χ4v) is 2.40. The number of rotatable bonds is 4. The van der Waals surface area contributed by atoms with Gasteiger partial charge in [0.25, 0.3) is 0 Å². The van der Waals surface area contributed by atoms with Crippen LogP contribution in [0.4, 0.5) is 5.69 Å². The van der Waals surface area contributed by atoms with Crippen LogP contribution < -0.4 is 5.32 Å². The summed E-state index contributed by atoms with van der Waals surface area (Å²) >= 11 is 0. The summed E-state index contributed by atoms with van der Waals surface area (Å²) in [6.45, 7) is 4.65. The Labute approximate surface area is 123 Å². The van der Waals surface area contributed by atoms with Crippen molar-refractivity contribution in [2.75, 3.05) is 5.32 Å². The van der Waals surface area contributed by atoms with Gasteiger partial charge in [-0.05, 0) is 13.8 Å². The van der Waals surface area contributed by atoms with E-state index in [-0.39, 0.29) is 0 Å². The van der Waals surface area contributed by atoms with Crippen molar-refractivity contribution in [3.05, 3.63) is 47.4 Å². The van der Waals surface area contributed by atoms with Gasteiger partial charge in [-0.1, -0.05) is 30.3 Å². The average Bonchev–Trinajstić information content (AvgIpc) is 3.04. The number of aromatic amines is 1. The Balaban J connectivity index is 1.82. The molecule has 3 rings (SSSR count). The van der Waals surface area contributed by atoms with Gasteiger partial charge >= 0.3 is 0 Å². The minimum Gasteiger partial charge on any atom is -0.376 e. The number of H-pyrrole nitrogens is 1.